The van der Waals surface area contributed by atoms with Gasteiger partial charge in [-0.2, -0.15) is 0 Å². The van der Waals surface area contributed by atoms with Gasteiger partial charge in [-0.25, -0.2) is 9.78 Å². The van der Waals surface area contributed by atoms with Gasteiger partial charge >= 0.3 is 6.09 Å². The second kappa shape index (κ2) is 3.29. The summed E-state index contributed by atoms with van der Waals surface area (Å²) in [7, 11) is 0. The Morgan fingerprint density at radius 2 is 2.36 bits per heavy atom. The van der Waals surface area contributed by atoms with Crippen LogP contribution in [0, 0.1) is 6.92 Å². The van der Waals surface area contributed by atoms with E-state index in [9.17, 15) is 4.79 Å². The Kier molecular flexibility index (Phi) is 2.11. The standard InChI is InChI=1S/C10H12N2O2/c1-7-4-3-5-9(11-7)12-8(2)6-14-10(12)13/h3-5,8H,6H2,1-2H3/t8-/m0/s1. The number of pyridine rings is 1. The third-order valence-corrected chi connectivity index (χ3v) is 2.21. The van der Waals surface area contributed by atoms with Gasteiger partial charge in [-0.3, -0.25) is 4.90 Å². The van der Waals surface area contributed by atoms with Crippen molar-refractivity contribution in [3.05, 3.63) is 23.9 Å². The number of cyclic esters (lactones) is 1. The highest BCUT2D eigenvalue weighted by atomic mass is 16.6. The van der Waals surface area contributed by atoms with Crippen molar-refractivity contribution in [2.75, 3.05) is 11.5 Å². The molecule has 1 amide bonds. The Morgan fingerprint density at radius 3 is 2.93 bits per heavy atom. The summed E-state index contributed by atoms with van der Waals surface area (Å²) in [5.41, 5.74) is 0.898. The zero-order chi connectivity index (χ0) is 10.1. The van der Waals surface area contributed by atoms with Gasteiger partial charge < -0.3 is 4.74 Å². The first kappa shape index (κ1) is 8.99. The van der Waals surface area contributed by atoms with Crippen LogP contribution in [-0.4, -0.2) is 23.7 Å². The van der Waals surface area contributed by atoms with E-state index in [1.54, 1.807) is 4.90 Å². The molecule has 0 N–H and O–H groups in total. The summed E-state index contributed by atoms with van der Waals surface area (Å²) in [6.45, 7) is 4.28. The summed E-state index contributed by atoms with van der Waals surface area (Å²) < 4.78 is 4.92. The van der Waals surface area contributed by atoms with Crippen LogP contribution in [0.2, 0.25) is 0 Å². The van der Waals surface area contributed by atoms with Gasteiger partial charge in [0.15, 0.2) is 0 Å². The topological polar surface area (TPSA) is 42.4 Å². The number of anilines is 1. The molecule has 14 heavy (non-hydrogen) atoms. The molecule has 0 unspecified atom stereocenters. The van der Waals surface area contributed by atoms with Crippen LogP contribution in [-0.2, 0) is 4.74 Å². The molecule has 0 saturated carbocycles. The monoisotopic (exact) mass is 192 g/mol. The Labute approximate surface area is 82.5 Å². The highest BCUT2D eigenvalue weighted by molar-refractivity contribution is 5.88. The molecule has 1 aromatic heterocycles. The lowest BCUT2D eigenvalue weighted by molar-refractivity contribution is 0.179. The number of hydrogen-bond donors (Lipinski definition) is 0. The van der Waals surface area contributed by atoms with Crippen molar-refractivity contribution in [1.82, 2.24) is 4.98 Å². The maximum Gasteiger partial charge on any atom is 0.415 e. The number of nitrogens with zero attached hydrogens (tertiary/aromatic N) is 2. The maximum absolute atomic E-state index is 11.4. The normalized spacial score (nSPS) is 21.1. The van der Waals surface area contributed by atoms with Crippen molar-refractivity contribution >= 4 is 11.9 Å². The largest absolute Gasteiger partial charge is 0.447 e. The van der Waals surface area contributed by atoms with Crippen LogP contribution in [0.25, 0.3) is 0 Å². The van der Waals surface area contributed by atoms with Gasteiger partial charge in [0.1, 0.15) is 12.4 Å². The van der Waals surface area contributed by atoms with Gasteiger partial charge in [0.25, 0.3) is 0 Å². The highest BCUT2D eigenvalue weighted by Gasteiger charge is 2.31. The molecule has 74 valence electrons. The summed E-state index contributed by atoms with van der Waals surface area (Å²) >= 11 is 0. The molecule has 1 fully saturated rings. The summed E-state index contributed by atoms with van der Waals surface area (Å²) in [5, 5.41) is 0. The zero-order valence-electron chi connectivity index (χ0n) is 8.23. The number of hydrogen-bond acceptors (Lipinski definition) is 3. The van der Waals surface area contributed by atoms with Gasteiger partial charge in [0, 0.05) is 5.69 Å². The molecule has 0 bridgehead atoms. The number of aromatic nitrogens is 1. The van der Waals surface area contributed by atoms with E-state index in [4.69, 9.17) is 4.74 Å². The van der Waals surface area contributed by atoms with E-state index in [0.29, 0.717) is 12.4 Å². The lowest BCUT2D eigenvalue weighted by Gasteiger charge is -2.16. The minimum atomic E-state index is -0.310. The van der Waals surface area contributed by atoms with Crippen LogP contribution >= 0.6 is 0 Å². The van der Waals surface area contributed by atoms with Crippen molar-refractivity contribution in [2.24, 2.45) is 0 Å². The highest BCUT2D eigenvalue weighted by Crippen LogP contribution is 2.20. The fourth-order valence-corrected chi connectivity index (χ4v) is 1.50. The molecule has 4 nitrogen and oxygen atoms in total. The van der Waals surface area contributed by atoms with Crippen LogP contribution in [0.1, 0.15) is 12.6 Å². The first-order chi connectivity index (χ1) is 6.68. The van der Waals surface area contributed by atoms with E-state index in [0.717, 1.165) is 5.69 Å². The van der Waals surface area contributed by atoms with Crippen molar-refractivity contribution in [3.8, 4) is 0 Å². The van der Waals surface area contributed by atoms with Crippen LogP contribution in [0.3, 0.4) is 0 Å². The van der Waals surface area contributed by atoms with E-state index in [-0.39, 0.29) is 12.1 Å². The van der Waals surface area contributed by atoms with Gasteiger partial charge in [0.05, 0.1) is 6.04 Å². The minimum absolute atomic E-state index is 0.0665. The molecule has 0 spiro atoms. The summed E-state index contributed by atoms with van der Waals surface area (Å²) in [6.07, 6.45) is -0.310. The third kappa shape index (κ3) is 1.43. The third-order valence-electron chi connectivity index (χ3n) is 2.21. The molecule has 1 aliphatic heterocycles. The molecule has 0 aromatic carbocycles. The zero-order valence-corrected chi connectivity index (χ0v) is 8.23. The van der Waals surface area contributed by atoms with Crippen molar-refractivity contribution in [3.63, 3.8) is 0 Å². The Bertz CT molecular complexity index is 365. The summed E-state index contributed by atoms with van der Waals surface area (Å²) in [4.78, 5) is 17.2. The van der Waals surface area contributed by atoms with Gasteiger partial charge in [-0.05, 0) is 26.0 Å². The van der Waals surface area contributed by atoms with Crippen LogP contribution in [0.15, 0.2) is 18.2 Å². The first-order valence-electron chi connectivity index (χ1n) is 4.58. The van der Waals surface area contributed by atoms with Crippen molar-refractivity contribution < 1.29 is 9.53 Å². The van der Waals surface area contributed by atoms with Crippen molar-refractivity contribution in [1.29, 1.82) is 0 Å². The fourth-order valence-electron chi connectivity index (χ4n) is 1.50. The average molecular weight is 192 g/mol. The lowest BCUT2D eigenvalue weighted by atomic mass is 10.3. The number of aryl methyl sites for hydroxylation is 1. The molecule has 2 heterocycles. The molecule has 1 saturated heterocycles. The predicted octanol–water partition coefficient (Wildman–Crippen LogP) is 1.74. The van der Waals surface area contributed by atoms with E-state index >= 15 is 0 Å². The number of amides is 1. The molecule has 1 aliphatic rings. The smallest absolute Gasteiger partial charge is 0.415 e. The predicted molar refractivity (Wildman–Crippen MR) is 52.3 cm³/mol. The first-order valence-corrected chi connectivity index (χ1v) is 4.58. The minimum Gasteiger partial charge on any atom is -0.447 e. The molecular weight excluding hydrogens is 180 g/mol. The molecule has 0 radical (unpaired) electrons. The molecular formula is C10H12N2O2. The van der Waals surface area contributed by atoms with Gasteiger partial charge in [-0.1, -0.05) is 6.07 Å². The number of rotatable bonds is 1. The molecule has 1 aromatic rings. The van der Waals surface area contributed by atoms with Crippen LogP contribution < -0.4 is 4.90 Å². The fraction of sp³-hybridized carbons (Fsp3) is 0.400. The quantitative estimate of drug-likeness (QED) is 0.680. The summed E-state index contributed by atoms with van der Waals surface area (Å²) in [6, 6.07) is 5.67. The average Bonchev–Trinajstić information content (AvgIpc) is 2.46. The van der Waals surface area contributed by atoms with E-state index in [2.05, 4.69) is 4.98 Å². The number of carbonyl (C=O) groups excluding carboxylic acids is 1. The van der Waals surface area contributed by atoms with Gasteiger partial charge in [-0.15, -0.1) is 0 Å². The SMILES string of the molecule is Cc1cccc(N2C(=O)OC[C@@H]2C)n1. The lowest BCUT2D eigenvalue weighted by Crippen LogP contribution is -2.31. The second-order valence-electron chi connectivity index (χ2n) is 3.43. The Balaban J connectivity index is 2.34. The number of carbonyl (C=O) groups is 1. The molecule has 1 atom stereocenters. The summed E-state index contributed by atoms with van der Waals surface area (Å²) in [5.74, 6) is 0.667. The maximum atomic E-state index is 11.4. The molecule has 2 rings (SSSR count). The van der Waals surface area contributed by atoms with Gasteiger partial charge in [0.2, 0.25) is 0 Å². The van der Waals surface area contributed by atoms with E-state index in [1.165, 1.54) is 0 Å². The van der Waals surface area contributed by atoms with E-state index in [1.807, 2.05) is 32.0 Å². The number of ether oxygens (including phenoxy) is 1. The second-order valence-corrected chi connectivity index (χ2v) is 3.43. The van der Waals surface area contributed by atoms with E-state index < -0.39 is 0 Å². The van der Waals surface area contributed by atoms with Crippen molar-refractivity contribution in [2.45, 2.75) is 19.9 Å². The van der Waals surface area contributed by atoms with Crippen LogP contribution in [0.4, 0.5) is 10.6 Å². The molecule has 0 aliphatic carbocycles. The van der Waals surface area contributed by atoms with Crippen LogP contribution in [0.5, 0.6) is 0 Å². The molecule has 4 heteroatoms. The Morgan fingerprint density at radius 1 is 1.57 bits per heavy atom. The Hall–Kier alpha value is -1.58.